The van der Waals surface area contributed by atoms with E-state index in [4.69, 9.17) is 9.47 Å². The molecule has 13 heteroatoms. The van der Waals surface area contributed by atoms with Gasteiger partial charge in [0.15, 0.2) is 11.5 Å². The zero-order chi connectivity index (χ0) is 26.3. The highest BCUT2D eigenvalue weighted by molar-refractivity contribution is 7.93. The molecule has 0 saturated heterocycles. The predicted octanol–water partition coefficient (Wildman–Crippen LogP) is 4.19. The van der Waals surface area contributed by atoms with E-state index in [0.29, 0.717) is 28.4 Å². The summed E-state index contributed by atoms with van der Waals surface area (Å²) in [5.74, 6) is -1.06. The summed E-state index contributed by atoms with van der Waals surface area (Å²) in [6.07, 6.45) is 1.32. The Morgan fingerprint density at radius 2 is 2.00 bits per heavy atom. The first-order valence-electron chi connectivity index (χ1n) is 10.6. The van der Waals surface area contributed by atoms with Crippen molar-refractivity contribution in [1.29, 1.82) is 5.26 Å². The summed E-state index contributed by atoms with van der Waals surface area (Å²) in [6, 6.07) is 9.79. The van der Waals surface area contributed by atoms with Crippen molar-refractivity contribution in [2.45, 2.75) is 25.1 Å². The number of aromatic nitrogens is 2. The second-order valence-electron chi connectivity index (χ2n) is 7.68. The molecule has 36 heavy (non-hydrogen) atoms. The third-order valence-electron chi connectivity index (χ3n) is 4.31. The maximum Gasteiger partial charge on any atom is 0.353 e. The first-order valence-corrected chi connectivity index (χ1v) is 14.0. The molecule has 0 atom stereocenters. The number of nitrogens with one attached hydrogen (secondary N) is 1. The number of carbonyl (C=O) groups excluding carboxylic acids is 2. The number of amides is 1. The summed E-state index contributed by atoms with van der Waals surface area (Å²) in [5, 5.41) is 21.0. The Kier molecular flexibility index (Phi) is 8.92. The fraction of sp³-hybridized carbons (Fsp3) is 0.261. The lowest BCUT2D eigenvalue weighted by Crippen LogP contribution is -2.13. The monoisotopic (exact) mass is 546 g/mol. The van der Waals surface area contributed by atoms with E-state index in [1.54, 1.807) is 44.4 Å². The van der Waals surface area contributed by atoms with Crippen molar-refractivity contribution in [2.75, 3.05) is 17.7 Å². The molecule has 2 heterocycles. The van der Waals surface area contributed by atoms with Crippen molar-refractivity contribution in [3.63, 3.8) is 0 Å². The van der Waals surface area contributed by atoms with Crippen molar-refractivity contribution in [3.05, 3.63) is 51.7 Å². The van der Waals surface area contributed by atoms with E-state index in [1.807, 2.05) is 6.07 Å². The zero-order valence-corrected chi connectivity index (χ0v) is 22.0. The Labute approximate surface area is 216 Å². The highest BCUT2D eigenvalue weighted by Gasteiger charge is 2.23. The number of rotatable bonds is 10. The number of thiophene rings is 1. The molecule has 2 aromatic heterocycles. The van der Waals surface area contributed by atoms with Gasteiger partial charge in [-0.05, 0) is 48.1 Å². The molecule has 0 saturated carbocycles. The predicted molar refractivity (Wildman–Crippen MR) is 136 cm³/mol. The highest BCUT2D eigenvalue weighted by atomic mass is 32.2. The fourth-order valence-electron chi connectivity index (χ4n) is 2.89. The van der Waals surface area contributed by atoms with Crippen LogP contribution in [-0.4, -0.2) is 42.9 Å². The molecule has 1 aromatic carbocycles. The van der Waals surface area contributed by atoms with Crippen LogP contribution in [0.2, 0.25) is 0 Å². The third kappa shape index (κ3) is 6.97. The first kappa shape index (κ1) is 27.0. The Balaban J connectivity index is 1.78. The first-order chi connectivity index (χ1) is 17.1. The molecule has 0 radical (unpaired) electrons. The lowest BCUT2D eigenvalue weighted by molar-refractivity contribution is -0.112. The second-order valence-corrected chi connectivity index (χ2v) is 11.8. The normalized spacial score (nSPS) is 11.7. The standard InChI is InChI=1S/C23H22N4O6S3/c1-4-32-18-11-15(7-8-17(18)33-21(29)19-6-5-9-34-19)10-16(12-24)20(28)25-22-26-27-23(35-22)36(30,31)13-14(2)3/h5-11,14H,4,13H2,1-3H3,(H,25,26,28)/b16-10-. The molecular formula is C23H22N4O6S3. The molecule has 0 bridgehead atoms. The van der Waals surface area contributed by atoms with Crippen molar-refractivity contribution in [3.8, 4) is 17.6 Å². The minimum atomic E-state index is -3.62. The molecule has 0 spiro atoms. The molecule has 188 valence electrons. The minimum Gasteiger partial charge on any atom is -0.490 e. The summed E-state index contributed by atoms with van der Waals surface area (Å²) in [4.78, 5) is 25.4. The number of esters is 1. The van der Waals surface area contributed by atoms with E-state index < -0.39 is 21.7 Å². The van der Waals surface area contributed by atoms with Gasteiger partial charge in [0.05, 0.1) is 12.4 Å². The van der Waals surface area contributed by atoms with Crippen LogP contribution in [0.25, 0.3) is 6.08 Å². The van der Waals surface area contributed by atoms with Crippen LogP contribution in [-0.2, 0) is 14.6 Å². The number of ether oxygens (including phenoxy) is 2. The number of anilines is 1. The number of sulfone groups is 1. The van der Waals surface area contributed by atoms with Gasteiger partial charge in [0.1, 0.15) is 16.5 Å². The van der Waals surface area contributed by atoms with Gasteiger partial charge in [-0.2, -0.15) is 5.26 Å². The van der Waals surface area contributed by atoms with E-state index in [1.165, 1.54) is 29.5 Å². The maximum absolute atomic E-state index is 12.6. The fourth-order valence-corrected chi connectivity index (χ4v) is 6.09. The van der Waals surface area contributed by atoms with Gasteiger partial charge >= 0.3 is 5.97 Å². The lowest BCUT2D eigenvalue weighted by atomic mass is 10.1. The Bertz CT molecular complexity index is 1420. The molecule has 3 rings (SSSR count). The average molecular weight is 547 g/mol. The molecule has 0 fully saturated rings. The van der Waals surface area contributed by atoms with Gasteiger partial charge in [0, 0.05) is 0 Å². The molecule has 3 aromatic rings. The molecule has 0 aliphatic heterocycles. The number of hydrogen-bond acceptors (Lipinski definition) is 11. The Morgan fingerprint density at radius 1 is 1.22 bits per heavy atom. The van der Waals surface area contributed by atoms with Crippen LogP contribution >= 0.6 is 22.7 Å². The molecule has 10 nitrogen and oxygen atoms in total. The number of carbonyl (C=O) groups is 2. The number of benzene rings is 1. The van der Waals surface area contributed by atoms with Crippen LogP contribution in [0.4, 0.5) is 5.13 Å². The summed E-state index contributed by atoms with van der Waals surface area (Å²) < 4.78 is 35.4. The molecule has 0 aliphatic rings. The number of nitrogens with zero attached hydrogens (tertiary/aromatic N) is 3. The molecule has 1 N–H and O–H groups in total. The SMILES string of the molecule is CCOc1cc(/C=C(/C#N)C(=O)Nc2nnc(S(=O)(=O)CC(C)C)s2)ccc1OC(=O)c1cccs1. The largest absolute Gasteiger partial charge is 0.490 e. The van der Waals surface area contributed by atoms with Gasteiger partial charge < -0.3 is 9.47 Å². The third-order valence-corrected chi connectivity index (χ3v) is 8.53. The Morgan fingerprint density at radius 3 is 2.64 bits per heavy atom. The summed E-state index contributed by atoms with van der Waals surface area (Å²) in [5.41, 5.74) is 0.182. The minimum absolute atomic E-state index is 0.0469. The maximum atomic E-state index is 12.6. The van der Waals surface area contributed by atoms with Gasteiger partial charge in [0.2, 0.25) is 19.3 Å². The highest BCUT2D eigenvalue weighted by Crippen LogP contribution is 2.31. The lowest BCUT2D eigenvalue weighted by Gasteiger charge is -2.11. The number of nitriles is 1. The van der Waals surface area contributed by atoms with Crippen molar-refractivity contribution in [2.24, 2.45) is 5.92 Å². The van der Waals surface area contributed by atoms with Crippen molar-refractivity contribution in [1.82, 2.24) is 10.2 Å². The van der Waals surface area contributed by atoms with Crippen LogP contribution < -0.4 is 14.8 Å². The van der Waals surface area contributed by atoms with E-state index >= 15 is 0 Å². The van der Waals surface area contributed by atoms with Gasteiger partial charge in [0.25, 0.3) is 5.91 Å². The summed E-state index contributed by atoms with van der Waals surface area (Å²) in [7, 11) is -3.62. The zero-order valence-electron chi connectivity index (χ0n) is 19.5. The number of hydrogen-bond donors (Lipinski definition) is 1. The quantitative estimate of drug-likeness (QED) is 0.130. The second kappa shape index (κ2) is 11.9. The van der Waals surface area contributed by atoms with Gasteiger partial charge in [-0.3, -0.25) is 10.1 Å². The van der Waals surface area contributed by atoms with Gasteiger partial charge in [-0.1, -0.05) is 37.3 Å². The van der Waals surface area contributed by atoms with E-state index in [-0.39, 0.29) is 38.2 Å². The van der Waals surface area contributed by atoms with Crippen LogP contribution in [0.3, 0.4) is 0 Å². The topological polar surface area (TPSA) is 148 Å². The smallest absolute Gasteiger partial charge is 0.353 e. The van der Waals surface area contributed by atoms with E-state index in [0.717, 1.165) is 0 Å². The molecule has 0 aliphatic carbocycles. The van der Waals surface area contributed by atoms with Crippen molar-refractivity contribution < 1.29 is 27.5 Å². The van der Waals surface area contributed by atoms with E-state index in [2.05, 4.69) is 15.5 Å². The molecular weight excluding hydrogens is 524 g/mol. The van der Waals surface area contributed by atoms with Crippen LogP contribution in [0.1, 0.15) is 36.0 Å². The van der Waals surface area contributed by atoms with Crippen LogP contribution in [0.5, 0.6) is 11.5 Å². The average Bonchev–Trinajstić information content (AvgIpc) is 3.51. The summed E-state index contributed by atoms with van der Waals surface area (Å²) >= 11 is 1.96. The molecule has 1 amide bonds. The van der Waals surface area contributed by atoms with E-state index in [9.17, 15) is 23.3 Å². The van der Waals surface area contributed by atoms with Crippen molar-refractivity contribution >= 4 is 55.6 Å². The van der Waals surface area contributed by atoms with Gasteiger partial charge in [-0.25, -0.2) is 13.2 Å². The molecule has 0 unspecified atom stereocenters. The Hall–Kier alpha value is -3.60. The van der Waals surface area contributed by atoms with Crippen LogP contribution in [0, 0.1) is 17.2 Å². The van der Waals surface area contributed by atoms with Crippen LogP contribution in [0.15, 0.2) is 45.6 Å². The summed E-state index contributed by atoms with van der Waals surface area (Å²) in [6.45, 7) is 5.59. The van der Waals surface area contributed by atoms with Gasteiger partial charge in [-0.15, -0.1) is 21.5 Å².